The zero-order chi connectivity index (χ0) is 22.6. The molecule has 0 N–H and O–H groups in total. The van der Waals surface area contributed by atoms with Gasteiger partial charge in [-0.05, 0) is 105 Å². The van der Waals surface area contributed by atoms with Crippen LogP contribution < -0.4 is 0 Å². The Morgan fingerprint density at radius 2 is 1.48 bits per heavy atom. The van der Waals surface area contributed by atoms with Crippen LogP contribution in [0.25, 0.3) is 0 Å². The summed E-state index contributed by atoms with van der Waals surface area (Å²) < 4.78 is 0. The fraction of sp³-hybridized carbons (Fsp3) is 0.581. The van der Waals surface area contributed by atoms with Crippen molar-refractivity contribution in [3.8, 4) is 0 Å². The molecule has 4 unspecified atom stereocenters. The Kier molecular flexibility index (Phi) is 5.20. The molecule has 6 rings (SSSR count). The van der Waals surface area contributed by atoms with Crippen LogP contribution in [-0.4, -0.2) is 22.9 Å². The van der Waals surface area contributed by atoms with E-state index in [0.29, 0.717) is 5.91 Å². The number of nitrogens with zero attached hydrogens (tertiary/aromatic N) is 1. The molecule has 174 valence electrons. The normalized spacial score (nSPS) is 32.4. The van der Waals surface area contributed by atoms with Crippen molar-refractivity contribution < 1.29 is 4.79 Å². The van der Waals surface area contributed by atoms with E-state index in [9.17, 15) is 4.79 Å². The summed E-state index contributed by atoms with van der Waals surface area (Å²) >= 11 is 0. The lowest BCUT2D eigenvalue weighted by Gasteiger charge is -2.48. The van der Waals surface area contributed by atoms with E-state index in [1.165, 1.54) is 67.2 Å². The fourth-order valence-electron chi connectivity index (χ4n) is 8.48. The van der Waals surface area contributed by atoms with Crippen LogP contribution in [0.4, 0.5) is 0 Å². The first-order chi connectivity index (χ1) is 16.0. The Morgan fingerprint density at radius 3 is 2.15 bits per heavy atom. The smallest absolute Gasteiger partial charge is 0.229 e. The molecule has 1 aliphatic heterocycles. The number of carbonyl (C=O) groups excluding carboxylic acids is 1. The summed E-state index contributed by atoms with van der Waals surface area (Å²) in [5.74, 6) is 3.15. The zero-order valence-electron chi connectivity index (χ0n) is 20.5. The van der Waals surface area contributed by atoms with Crippen LogP contribution in [0.1, 0.15) is 73.6 Å². The molecule has 3 bridgehead atoms. The summed E-state index contributed by atoms with van der Waals surface area (Å²) in [6.45, 7) is 5.37. The van der Waals surface area contributed by atoms with Gasteiger partial charge in [0.15, 0.2) is 0 Å². The van der Waals surface area contributed by atoms with Crippen LogP contribution in [0.5, 0.6) is 0 Å². The van der Waals surface area contributed by atoms with Crippen LogP contribution in [0.3, 0.4) is 0 Å². The second-order valence-corrected chi connectivity index (χ2v) is 12.1. The van der Waals surface area contributed by atoms with Crippen molar-refractivity contribution in [3.05, 3.63) is 70.8 Å². The van der Waals surface area contributed by atoms with Crippen molar-refractivity contribution in [2.24, 2.45) is 23.2 Å². The van der Waals surface area contributed by atoms with Crippen LogP contribution in [0.15, 0.2) is 48.5 Å². The third-order valence-electron chi connectivity index (χ3n) is 10.1. The lowest BCUT2D eigenvalue weighted by atomic mass is 9.71. The first-order valence-electron chi connectivity index (χ1n) is 13.4. The quantitative estimate of drug-likeness (QED) is 0.508. The molecule has 0 aromatic heterocycles. The maximum absolute atomic E-state index is 14.6. The highest BCUT2D eigenvalue weighted by Gasteiger charge is 2.58. The molecule has 2 nitrogen and oxygen atoms in total. The molecule has 2 aromatic rings. The van der Waals surface area contributed by atoms with Crippen LogP contribution >= 0.6 is 0 Å². The minimum absolute atomic E-state index is 0.148. The monoisotopic (exact) mass is 441 g/mol. The summed E-state index contributed by atoms with van der Waals surface area (Å²) in [4.78, 5) is 17.1. The summed E-state index contributed by atoms with van der Waals surface area (Å²) in [5, 5.41) is 0. The Hall–Kier alpha value is -2.09. The molecular weight excluding hydrogens is 402 g/mol. The molecule has 3 aliphatic carbocycles. The second kappa shape index (κ2) is 8.00. The lowest BCUT2D eigenvalue weighted by molar-refractivity contribution is -0.143. The van der Waals surface area contributed by atoms with E-state index in [1.54, 1.807) is 0 Å². The van der Waals surface area contributed by atoms with Crippen LogP contribution in [0, 0.1) is 37.0 Å². The van der Waals surface area contributed by atoms with E-state index in [-0.39, 0.29) is 11.0 Å². The molecule has 1 amide bonds. The average Bonchev–Trinajstić information content (AvgIpc) is 3.22. The number of aryl methyl sites for hydroxylation is 2. The number of likely N-dealkylation sites (tertiary alicyclic amines) is 1. The van der Waals surface area contributed by atoms with Gasteiger partial charge in [-0.25, -0.2) is 0 Å². The number of fused-ring (bicyclic) bond motifs is 2. The molecule has 1 heterocycles. The van der Waals surface area contributed by atoms with Crippen molar-refractivity contribution in [2.45, 2.75) is 83.6 Å². The minimum Gasteiger partial charge on any atom is -0.336 e. The maximum atomic E-state index is 14.6. The van der Waals surface area contributed by atoms with E-state index >= 15 is 0 Å². The van der Waals surface area contributed by atoms with E-state index < -0.39 is 0 Å². The zero-order valence-corrected chi connectivity index (χ0v) is 20.5. The standard InChI is InChI=1S/C31H39NO/c1-22-8-3-5-10-26(22)19-30(20-27-11-6-4-9-23(27)2)14-15-32(29(30)33)31-13-7-12-25-16-24(18-31)17-28(25)21-31/h3-6,8-11,24-25,28H,7,12-21H2,1-2H3. The Balaban J connectivity index is 1.37. The van der Waals surface area contributed by atoms with Gasteiger partial charge in [0.2, 0.25) is 5.91 Å². The molecular formula is C31H39NO. The van der Waals surface area contributed by atoms with E-state index in [2.05, 4.69) is 67.3 Å². The third-order valence-corrected chi connectivity index (χ3v) is 10.1. The molecule has 2 aromatic carbocycles. The molecule has 4 aliphatic rings. The highest BCUT2D eigenvalue weighted by atomic mass is 16.2. The molecule has 2 heteroatoms. The van der Waals surface area contributed by atoms with Gasteiger partial charge in [-0.15, -0.1) is 0 Å². The van der Waals surface area contributed by atoms with E-state index in [0.717, 1.165) is 43.6 Å². The first kappa shape index (κ1) is 21.4. The molecule has 4 atom stereocenters. The van der Waals surface area contributed by atoms with Crippen molar-refractivity contribution in [1.82, 2.24) is 4.90 Å². The summed E-state index contributed by atoms with van der Waals surface area (Å²) in [7, 11) is 0. The topological polar surface area (TPSA) is 20.3 Å². The highest BCUT2D eigenvalue weighted by molar-refractivity contribution is 5.86. The number of carbonyl (C=O) groups is 1. The van der Waals surface area contributed by atoms with Crippen LogP contribution in [-0.2, 0) is 17.6 Å². The molecule has 4 fully saturated rings. The van der Waals surface area contributed by atoms with Crippen molar-refractivity contribution >= 4 is 5.91 Å². The molecule has 1 saturated heterocycles. The van der Waals surface area contributed by atoms with Gasteiger partial charge in [0.1, 0.15) is 0 Å². The van der Waals surface area contributed by atoms with Gasteiger partial charge >= 0.3 is 0 Å². The van der Waals surface area contributed by atoms with Gasteiger partial charge < -0.3 is 4.90 Å². The van der Waals surface area contributed by atoms with E-state index in [1.807, 2.05) is 0 Å². The first-order valence-corrected chi connectivity index (χ1v) is 13.4. The van der Waals surface area contributed by atoms with Gasteiger partial charge in [0.05, 0.1) is 5.41 Å². The van der Waals surface area contributed by atoms with Crippen molar-refractivity contribution in [2.75, 3.05) is 6.54 Å². The Labute approximate surface area is 199 Å². The molecule has 3 saturated carbocycles. The molecule has 0 radical (unpaired) electrons. The Morgan fingerprint density at radius 1 is 0.848 bits per heavy atom. The van der Waals surface area contributed by atoms with Gasteiger partial charge in [-0.3, -0.25) is 4.79 Å². The van der Waals surface area contributed by atoms with Crippen molar-refractivity contribution in [1.29, 1.82) is 0 Å². The van der Waals surface area contributed by atoms with E-state index in [4.69, 9.17) is 0 Å². The highest BCUT2D eigenvalue weighted by Crippen LogP contribution is 2.58. The number of hydrogen-bond acceptors (Lipinski definition) is 1. The summed E-state index contributed by atoms with van der Waals surface area (Å²) in [6, 6.07) is 17.4. The van der Waals surface area contributed by atoms with Crippen molar-refractivity contribution in [3.63, 3.8) is 0 Å². The molecule has 0 spiro atoms. The lowest BCUT2D eigenvalue weighted by Crippen LogP contribution is -2.54. The number of hydrogen-bond donors (Lipinski definition) is 0. The maximum Gasteiger partial charge on any atom is 0.229 e. The number of amides is 1. The van der Waals surface area contributed by atoms with Gasteiger partial charge in [0, 0.05) is 12.1 Å². The predicted octanol–water partition coefficient (Wildman–Crippen LogP) is 6.67. The van der Waals surface area contributed by atoms with Gasteiger partial charge in [-0.1, -0.05) is 61.4 Å². The van der Waals surface area contributed by atoms with Gasteiger partial charge in [0.25, 0.3) is 0 Å². The summed E-state index contributed by atoms with van der Waals surface area (Å²) in [6.07, 6.45) is 12.1. The second-order valence-electron chi connectivity index (χ2n) is 12.1. The Bertz CT molecular complexity index is 1010. The van der Waals surface area contributed by atoms with Gasteiger partial charge in [-0.2, -0.15) is 0 Å². The summed E-state index contributed by atoms with van der Waals surface area (Å²) in [5.41, 5.74) is 5.18. The fourth-order valence-corrected chi connectivity index (χ4v) is 8.48. The average molecular weight is 442 g/mol. The van der Waals surface area contributed by atoms with Crippen LogP contribution in [0.2, 0.25) is 0 Å². The molecule has 33 heavy (non-hydrogen) atoms. The number of rotatable bonds is 5. The SMILES string of the molecule is Cc1ccccc1CC1(Cc2ccccc2C)CCN(C23CCCC4CC(CC4C2)C3)C1=O. The number of benzene rings is 2. The predicted molar refractivity (Wildman–Crippen MR) is 134 cm³/mol. The largest absolute Gasteiger partial charge is 0.336 e. The minimum atomic E-state index is -0.310. The third kappa shape index (κ3) is 3.56.